The highest BCUT2D eigenvalue weighted by molar-refractivity contribution is 7.19. The lowest BCUT2D eigenvalue weighted by atomic mass is 9.94. The summed E-state index contributed by atoms with van der Waals surface area (Å²) in [4.78, 5) is 14.7. The molecular weight excluding hydrogens is 466 g/mol. The van der Waals surface area contributed by atoms with Crippen LogP contribution in [0, 0.1) is 0 Å². The van der Waals surface area contributed by atoms with E-state index in [1.54, 1.807) is 37.3 Å². The Morgan fingerprint density at radius 3 is 2.71 bits per heavy atom. The van der Waals surface area contributed by atoms with E-state index in [0.29, 0.717) is 22.4 Å². The van der Waals surface area contributed by atoms with Gasteiger partial charge in [0.25, 0.3) is 0 Å². The highest BCUT2D eigenvalue weighted by Crippen LogP contribution is 2.33. The number of carbonyl (C=O) groups is 1. The van der Waals surface area contributed by atoms with Gasteiger partial charge in [0.2, 0.25) is 16.2 Å². The molecule has 1 amide bonds. The zero-order valence-electron chi connectivity index (χ0n) is 18.5. The summed E-state index contributed by atoms with van der Waals surface area (Å²) in [6.07, 6.45) is 2.40. The lowest BCUT2D eigenvalue weighted by Gasteiger charge is -2.27. The number of halogens is 2. The van der Waals surface area contributed by atoms with E-state index in [9.17, 15) is 13.6 Å². The van der Waals surface area contributed by atoms with Crippen molar-refractivity contribution in [1.82, 2.24) is 30.6 Å². The summed E-state index contributed by atoms with van der Waals surface area (Å²) in [6.45, 7) is -1.49. The van der Waals surface area contributed by atoms with Gasteiger partial charge in [-0.25, -0.2) is 0 Å². The van der Waals surface area contributed by atoms with E-state index in [1.807, 2.05) is 12.1 Å². The number of amides is 1. The molecule has 1 saturated heterocycles. The van der Waals surface area contributed by atoms with Gasteiger partial charge >= 0.3 is 6.61 Å². The number of likely N-dealkylation sites (N-methyl/N-ethyl adjacent to an activating group) is 1. The highest BCUT2D eigenvalue weighted by Gasteiger charge is 2.38. The second-order valence-electron chi connectivity index (χ2n) is 7.96. The lowest BCUT2D eigenvalue weighted by Crippen LogP contribution is -2.38. The molecule has 3 heterocycles. The molecule has 0 radical (unpaired) electrons. The average molecular weight is 491 g/mol. The Bertz CT molecular complexity index is 1110. The van der Waals surface area contributed by atoms with Crippen LogP contribution in [-0.2, 0) is 10.3 Å². The summed E-state index contributed by atoms with van der Waals surface area (Å²) < 4.78 is 29.7. The van der Waals surface area contributed by atoms with Gasteiger partial charge < -0.3 is 15.4 Å². The number of rotatable bonds is 9. The molecule has 1 aliphatic heterocycles. The van der Waals surface area contributed by atoms with Crippen LogP contribution < -0.4 is 20.7 Å². The number of aromatic nitrogens is 4. The zero-order chi connectivity index (χ0) is 24.1. The molecule has 0 unspecified atom stereocenters. The van der Waals surface area contributed by atoms with Crippen LogP contribution in [0.5, 0.6) is 5.75 Å². The summed E-state index contributed by atoms with van der Waals surface area (Å²) in [5.41, 5.74) is 0.813. The fourth-order valence-electron chi connectivity index (χ4n) is 3.89. The van der Waals surface area contributed by atoms with Crippen molar-refractivity contribution in [2.24, 2.45) is 0 Å². The number of nitrogens with zero attached hydrogens (tertiary/aromatic N) is 5. The highest BCUT2D eigenvalue weighted by atomic mass is 32.1. The molecule has 2 atom stereocenters. The van der Waals surface area contributed by atoms with Crippen molar-refractivity contribution >= 4 is 27.5 Å². The summed E-state index contributed by atoms with van der Waals surface area (Å²) in [7, 11) is 3.44. The largest absolute Gasteiger partial charge is 0.435 e. The Morgan fingerprint density at radius 2 is 2.03 bits per heavy atom. The minimum atomic E-state index is -2.95. The van der Waals surface area contributed by atoms with E-state index in [0.717, 1.165) is 18.7 Å². The van der Waals surface area contributed by atoms with Gasteiger partial charge in [-0.15, -0.1) is 10.2 Å². The Hall–Kier alpha value is -3.29. The topological polar surface area (TPSA) is 117 Å². The van der Waals surface area contributed by atoms with E-state index < -0.39 is 18.2 Å². The molecule has 13 heteroatoms. The van der Waals surface area contributed by atoms with Crippen molar-refractivity contribution in [1.29, 1.82) is 0 Å². The van der Waals surface area contributed by atoms with Crippen LogP contribution in [0.2, 0.25) is 0 Å². The van der Waals surface area contributed by atoms with Crippen molar-refractivity contribution < 1.29 is 18.3 Å². The van der Waals surface area contributed by atoms with E-state index >= 15 is 0 Å². The number of hydrogen-bond donors (Lipinski definition) is 3. The van der Waals surface area contributed by atoms with Crippen LogP contribution in [0.1, 0.15) is 23.7 Å². The van der Waals surface area contributed by atoms with Gasteiger partial charge in [-0.1, -0.05) is 23.5 Å². The first-order valence-electron chi connectivity index (χ1n) is 10.5. The smallest absolute Gasteiger partial charge is 0.387 e. The first-order valence-corrected chi connectivity index (χ1v) is 11.3. The predicted molar refractivity (Wildman–Crippen MR) is 123 cm³/mol. The standard InChI is InChI=1S/C21H24F2N8O2S/c1-31(2)16(13-5-3-6-14(11-13)33-18(22)23)17(32)26-19-29-30-20(34-19)27-21(8-10-24-12-21)15-7-4-9-25-28-15/h3-7,9,11,16,18,24H,8,10,12H2,1-2H3,(H,27,30)(H,26,29,32)/t16-,21+/m0/s1. The van der Waals surface area contributed by atoms with Crippen molar-refractivity contribution in [3.63, 3.8) is 0 Å². The van der Waals surface area contributed by atoms with Crippen LogP contribution in [0.3, 0.4) is 0 Å². The molecule has 180 valence electrons. The number of benzene rings is 1. The third kappa shape index (κ3) is 5.43. The zero-order valence-corrected chi connectivity index (χ0v) is 19.4. The van der Waals surface area contributed by atoms with Crippen LogP contribution in [-0.4, -0.2) is 65.0 Å². The molecule has 2 aromatic heterocycles. The van der Waals surface area contributed by atoms with Gasteiger partial charge in [-0.3, -0.25) is 15.0 Å². The number of nitrogens with one attached hydrogen (secondary N) is 3. The van der Waals surface area contributed by atoms with Crippen molar-refractivity contribution in [3.05, 3.63) is 53.9 Å². The number of anilines is 2. The Kier molecular flexibility index (Phi) is 7.24. The molecule has 3 N–H and O–H groups in total. The van der Waals surface area contributed by atoms with Crippen molar-refractivity contribution in [2.75, 3.05) is 37.8 Å². The van der Waals surface area contributed by atoms with Gasteiger partial charge in [-0.2, -0.15) is 19.0 Å². The molecular formula is C21H24F2N8O2S. The number of carbonyl (C=O) groups excluding carboxylic acids is 1. The van der Waals surface area contributed by atoms with Crippen LogP contribution in [0.25, 0.3) is 0 Å². The Morgan fingerprint density at radius 1 is 1.21 bits per heavy atom. The summed E-state index contributed by atoms with van der Waals surface area (Å²) in [6, 6.07) is 9.04. The van der Waals surface area contributed by atoms with Gasteiger partial charge in [0.05, 0.1) is 11.2 Å². The maximum Gasteiger partial charge on any atom is 0.387 e. The minimum Gasteiger partial charge on any atom is -0.435 e. The van der Waals surface area contributed by atoms with Crippen LogP contribution >= 0.6 is 11.3 Å². The molecule has 0 aliphatic carbocycles. The lowest BCUT2D eigenvalue weighted by molar-refractivity contribution is -0.120. The molecule has 0 bridgehead atoms. The van der Waals surface area contributed by atoms with Gasteiger partial charge in [0, 0.05) is 12.7 Å². The fraction of sp³-hybridized carbons (Fsp3) is 0.381. The first-order chi connectivity index (χ1) is 16.4. The molecule has 34 heavy (non-hydrogen) atoms. The third-order valence-electron chi connectivity index (χ3n) is 5.38. The maximum absolute atomic E-state index is 13.1. The molecule has 1 aliphatic rings. The van der Waals surface area contributed by atoms with Gasteiger partial charge in [0.1, 0.15) is 11.8 Å². The minimum absolute atomic E-state index is 0.0194. The Labute approximate surface area is 198 Å². The molecule has 1 fully saturated rings. The summed E-state index contributed by atoms with van der Waals surface area (Å²) in [5, 5.41) is 26.8. The molecule has 4 rings (SSSR count). The van der Waals surface area contributed by atoms with E-state index in [4.69, 9.17) is 0 Å². The van der Waals surface area contributed by atoms with E-state index in [-0.39, 0.29) is 11.7 Å². The number of ether oxygens (including phenoxy) is 1. The third-order valence-corrected chi connectivity index (χ3v) is 6.14. The second kappa shape index (κ2) is 10.3. The Balaban J connectivity index is 1.49. The molecule has 0 spiro atoms. The van der Waals surface area contributed by atoms with E-state index in [1.165, 1.54) is 23.5 Å². The monoisotopic (exact) mass is 490 g/mol. The quantitative estimate of drug-likeness (QED) is 0.416. The normalized spacial score (nSPS) is 18.8. The first kappa shape index (κ1) is 23.9. The molecule has 3 aromatic rings. The average Bonchev–Trinajstić information content (AvgIpc) is 3.44. The molecule has 1 aromatic carbocycles. The van der Waals surface area contributed by atoms with Crippen LogP contribution in [0.15, 0.2) is 42.6 Å². The number of hydrogen-bond acceptors (Lipinski definition) is 10. The summed E-state index contributed by atoms with van der Waals surface area (Å²) >= 11 is 1.19. The SMILES string of the molecule is CN(C)[C@H](C(=O)Nc1nnc(N[C@]2(c3cccnn3)CCNC2)s1)c1cccc(OC(F)F)c1. The van der Waals surface area contributed by atoms with E-state index in [2.05, 4.69) is 41.1 Å². The van der Waals surface area contributed by atoms with Crippen molar-refractivity contribution in [2.45, 2.75) is 24.6 Å². The fourth-order valence-corrected chi connectivity index (χ4v) is 4.63. The van der Waals surface area contributed by atoms with Crippen molar-refractivity contribution in [3.8, 4) is 5.75 Å². The maximum atomic E-state index is 13.1. The van der Waals surface area contributed by atoms with Gasteiger partial charge in [0.15, 0.2) is 0 Å². The number of alkyl halides is 2. The second-order valence-corrected chi connectivity index (χ2v) is 8.94. The van der Waals surface area contributed by atoms with Crippen LogP contribution in [0.4, 0.5) is 19.0 Å². The van der Waals surface area contributed by atoms with Gasteiger partial charge in [-0.05, 0) is 56.9 Å². The summed E-state index contributed by atoms with van der Waals surface area (Å²) in [5.74, 6) is -0.401. The predicted octanol–water partition coefficient (Wildman–Crippen LogP) is 2.47. The molecule has 10 nitrogen and oxygen atoms in total. The molecule has 0 saturated carbocycles.